The molecule has 0 saturated carbocycles. The molecule has 0 aliphatic carbocycles. The van der Waals surface area contributed by atoms with E-state index >= 15 is 0 Å². The highest BCUT2D eigenvalue weighted by molar-refractivity contribution is 7.89. The summed E-state index contributed by atoms with van der Waals surface area (Å²) in [7, 11) is -3.52. The first-order chi connectivity index (χ1) is 14.0. The monoisotopic (exact) mass is 448 g/mol. The fourth-order valence-electron chi connectivity index (χ4n) is 2.87. The van der Waals surface area contributed by atoms with Crippen LogP contribution in [0, 0.1) is 0 Å². The van der Waals surface area contributed by atoms with Gasteiger partial charge < -0.3 is 10.4 Å². The van der Waals surface area contributed by atoms with Gasteiger partial charge in [-0.3, -0.25) is 4.68 Å². The minimum Gasteiger partial charge on any atom is -0.475 e. The molecule has 1 aliphatic rings. The number of carbonyl (C=O) groups is 1. The summed E-state index contributed by atoms with van der Waals surface area (Å²) in [5.74, 6) is -2.76. The number of carboxylic acids is 1. The number of aromatic nitrogens is 2. The van der Waals surface area contributed by atoms with Gasteiger partial charge in [-0.05, 0) is 31.9 Å². The van der Waals surface area contributed by atoms with Crippen molar-refractivity contribution in [3.8, 4) is 0 Å². The van der Waals surface area contributed by atoms with Gasteiger partial charge in [0.2, 0.25) is 10.0 Å². The van der Waals surface area contributed by atoms with Crippen LogP contribution in [0.5, 0.6) is 0 Å². The Morgan fingerprint density at radius 2 is 1.97 bits per heavy atom. The number of rotatable bonds is 5. The molecule has 8 nitrogen and oxygen atoms in total. The lowest BCUT2D eigenvalue weighted by atomic mass is 10.0. The van der Waals surface area contributed by atoms with Crippen molar-refractivity contribution in [3.05, 3.63) is 48.3 Å². The molecule has 12 heteroatoms. The van der Waals surface area contributed by atoms with Crippen molar-refractivity contribution in [1.82, 2.24) is 19.8 Å². The van der Waals surface area contributed by atoms with E-state index in [4.69, 9.17) is 9.90 Å². The van der Waals surface area contributed by atoms with Crippen LogP contribution >= 0.6 is 0 Å². The Morgan fingerprint density at radius 3 is 2.53 bits per heavy atom. The summed E-state index contributed by atoms with van der Waals surface area (Å²) in [6.07, 6.45) is -0.477. The minimum atomic E-state index is -5.08. The molecule has 0 radical (unpaired) electrons. The molecule has 30 heavy (non-hydrogen) atoms. The third kappa shape index (κ3) is 7.43. The van der Waals surface area contributed by atoms with E-state index in [9.17, 15) is 21.6 Å². The van der Waals surface area contributed by atoms with E-state index in [1.807, 2.05) is 30.3 Å². The zero-order valence-electron chi connectivity index (χ0n) is 16.1. The lowest BCUT2D eigenvalue weighted by Gasteiger charge is -2.28. The van der Waals surface area contributed by atoms with Crippen LogP contribution in [-0.2, 0) is 21.4 Å². The van der Waals surface area contributed by atoms with Crippen molar-refractivity contribution < 1.29 is 31.5 Å². The van der Waals surface area contributed by atoms with Crippen molar-refractivity contribution in [3.63, 3.8) is 0 Å². The second-order valence-corrected chi connectivity index (χ2v) is 8.57. The SMILES string of the molecule is C[C@@H]1C[C@@H](NS(=O)(=O)c2cnn(Cc3ccccc3)c2)CCN1.O=C(O)C(F)(F)F. The number of hydrogen-bond donors (Lipinski definition) is 3. The second kappa shape index (κ2) is 10.0. The van der Waals surface area contributed by atoms with Crippen LogP contribution in [-0.4, -0.2) is 54.1 Å². The normalized spacial score (nSPS) is 19.6. The largest absolute Gasteiger partial charge is 0.490 e. The van der Waals surface area contributed by atoms with E-state index < -0.39 is 22.2 Å². The topological polar surface area (TPSA) is 113 Å². The zero-order valence-corrected chi connectivity index (χ0v) is 16.9. The van der Waals surface area contributed by atoms with Gasteiger partial charge in [0.05, 0.1) is 12.7 Å². The first-order valence-electron chi connectivity index (χ1n) is 9.09. The van der Waals surface area contributed by atoms with Gasteiger partial charge in [-0.15, -0.1) is 0 Å². The number of alkyl halides is 3. The number of piperidine rings is 1. The maximum atomic E-state index is 12.5. The molecule has 166 valence electrons. The van der Waals surface area contributed by atoms with Gasteiger partial charge in [0.15, 0.2) is 0 Å². The first-order valence-corrected chi connectivity index (χ1v) is 10.6. The standard InChI is InChI=1S/C16H22N4O2S.C2HF3O2/c1-13-9-15(7-8-17-13)19-23(21,22)16-10-18-20(12-16)11-14-5-3-2-4-6-14;3-2(4,5)1(6)7/h2-6,10,12-13,15,17,19H,7-9,11H2,1H3;(H,6,7)/t13-,15+;/m1./s1. The molecule has 0 amide bonds. The Morgan fingerprint density at radius 1 is 1.33 bits per heavy atom. The first kappa shape index (κ1) is 23.8. The molecule has 2 atom stereocenters. The van der Waals surface area contributed by atoms with E-state index in [0.717, 1.165) is 24.9 Å². The minimum absolute atomic E-state index is 0.0197. The lowest BCUT2D eigenvalue weighted by Crippen LogP contribution is -2.46. The van der Waals surface area contributed by atoms with E-state index in [0.29, 0.717) is 12.6 Å². The molecular formula is C18H23F3N4O4S. The smallest absolute Gasteiger partial charge is 0.475 e. The predicted molar refractivity (Wildman–Crippen MR) is 102 cm³/mol. The van der Waals surface area contributed by atoms with Gasteiger partial charge in [0, 0.05) is 18.3 Å². The average molecular weight is 448 g/mol. The van der Waals surface area contributed by atoms with Crippen LogP contribution in [0.4, 0.5) is 13.2 Å². The van der Waals surface area contributed by atoms with E-state index in [1.54, 1.807) is 10.9 Å². The highest BCUT2D eigenvalue weighted by Crippen LogP contribution is 2.15. The fourth-order valence-corrected chi connectivity index (χ4v) is 4.10. The summed E-state index contributed by atoms with van der Waals surface area (Å²) in [6, 6.07) is 10.2. The second-order valence-electron chi connectivity index (χ2n) is 6.86. The van der Waals surface area contributed by atoms with Crippen LogP contribution in [0.1, 0.15) is 25.3 Å². The van der Waals surface area contributed by atoms with Gasteiger partial charge in [-0.25, -0.2) is 17.9 Å². The summed E-state index contributed by atoms with van der Waals surface area (Å²) in [5.41, 5.74) is 1.08. The maximum Gasteiger partial charge on any atom is 0.490 e. The van der Waals surface area contributed by atoms with Crippen molar-refractivity contribution in [1.29, 1.82) is 0 Å². The molecule has 1 fully saturated rings. The van der Waals surface area contributed by atoms with Crippen LogP contribution in [0.3, 0.4) is 0 Å². The number of hydrogen-bond acceptors (Lipinski definition) is 5. The lowest BCUT2D eigenvalue weighted by molar-refractivity contribution is -0.192. The van der Waals surface area contributed by atoms with Crippen LogP contribution in [0.15, 0.2) is 47.6 Å². The molecule has 1 saturated heterocycles. The molecule has 3 rings (SSSR count). The fraction of sp³-hybridized carbons (Fsp3) is 0.444. The number of halogens is 3. The predicted octanol–water partition coefficient (Wildman–Crippen LogP) is 1.98. The number of nitrogens with one attached hydrogen (secondary N) is 2. The molecule has 1 aromatic heterocycles. The quantitative estimate of drug-likeness (QED) is 0.645. The number of carboxylic acid groups (broad SMARTS) is 1. The van der Waals surface area contributed by atoms with E-state index in [-0.39, 0.29) is 10.9 Å². The van der Waals surface area contributed by atoms with Gasteiger partial charge in [0.1, 0.15) is 4.90 Å². The summed E-state index contributed by atoms with van der Waals surface area (Å²) < 4.78 is 61.2. The molecule has 1 aromatic carbocycles. The maximum absolute atomic E-state index is 12.5. The third-order valence-electron chi connectivity index (χ3n) is 4.30. The number of nitrogens with zero attached hydrogens (tertiary/aromatic N) is 2. The summed E-state index contributed by atoms with van der Waals surface area (Å²) in [4.78, 5) is 9.12. The average Bonchev–Trinajstić information content (AvgIpc) is 3.11. The molecule has 2 heterocycles. The van der Waals surface area contributed by atoms with Crippen molar-refractivity contribution in [2.24, 2.45) is 0 Å². The van der Waals surface area contributed by atoms with Gasteiger partial charge in [-0.2, -0.15) is 18.3 Å². The Bertz CT molecular complexity index is 932. The molecule has 0 spiro atoms. The highest BCUT2D eigenvalue weighted by Gasteiger charge is 2.38. The van der Waals surface area contributed by atoms with Gasteiger partial charge >= 0.3 is 12.1 Å². The van der Waals surface area contributed by atoms with Crippen molar-refractivity contribution >= 4 is 16.0 Å². The Labute approximate surface area is 172 Å². The Kier molecular flexibility index (Phi) is 7.98. The van der Waals surface area contributed by atoms with Crippen LogP contribution in [0.2, 0.25) is 0 Å². The van der Waals surface area contributed by atoms with E-state index in [1.165, 1.54) is 6.20 Å². The summed E-state index contributed by atoms with van der Waals surface area (Å²) >= 11 is 0. The zero-order chi connectivity index (χ0) is 22.4. The molecule has 1 aliphatic heterocycles. The molecule has 0 bridgehead atoms. The number of aliphatic carboxylic acids is 1. The van der Waals surface area contributed by atoms with Crippen LogP contribution < -0.4 is 10.0 Å². The number of benzene rings is 1. The Hall–Kier alpha value is -2.44. The molecule has 3 N–H and O–H groups in total. The Balaban J connectivity index is 0.000000396. The van der Waals surface area contributed by atoms with Crippen molar-refractivity contribution in [2.75, 3.05) is 6.54 Å². The molecular weight excluding hydrogens is 425 g/mol. The van der Waals surface area contributed by atoms with Crippen molar-refractivity contribution in [2.45, 2.75) is 49.5 Å². The summed E-state index contributed by atoms with van der Waals surface area (Å²) in [5, 5.41) is 14.6. The summed E-state index contributed by atoms with van der Waals surface area (Å²) in [6.45, 7) is 3.46. The van der Waals surface area contributed by atoms with Gasteiger partial charge in [0.25, 0.3) is 0 Å². The molecule has 0 unspecified atom stereocenters. The molecule has 2 aromatic rings. The number of sulfonamides is 1. The third-order valence-corrected chi connectivity index (χ3v) is 5.77. The van der Waals surface area contributed by atoms with Crippen LogP contribution in [0.25, 0.3) is 0 Å². The highest BCUT2D eigenvalue weighted by atomic mass is 32.2. The van der Waals surface area contributed by atoms with E-state index in [2.05, 4.69) is 22.1 Å². The van der Waals surface area contributed by atoms with Gasteiger partial charge in [-0.1, -0.05) is 30.3 Å².